The molecule has 4 heterocycles. The average Bonchev–Trinajstić information content (AvgIpc) is 3.33. The van der Waals surface area contributed by atoms with Gasteiger partial charge in [-0.1, -0.05) is 11.6 Å². The van der Waals surface area contributed by atoms with Crippen molar-refractivity contribution in [1.82, 2.24) is 34.4 Å². The number of rotatable bonds is 5. The quantitative estimate of drug-likeness (QED) is 0.245. The molecule has 17 heteroatoms. The second-order valence-corrected chi connectivity index (χ2v) is 10.2. The Morgan fingerprint density at radius 1 is 1.16 bits per heavy atom. The van der Waals surface area contributed by atoms with E-state index in [1.807, 2.05) is 0 Å². The summed E-state index contributed by atoms with van der Waals surface area (Å²) in [4.78, 5) is 45.9. The van der Waals surface area contributed by atoms with Gasteiger partial charge in [-0.25, -0.2) is 9.97 Å². The Morgan fingerprint density at radius 3 is 2.47 bits per heavy atom. The number of imidazole rings is 1. The van der Waals surface area contributed by atoms with Gasteiger partial charge in [-0.2, -0.15) is 18.3 Å². The maximum Gasteiger partial charge on any atom is 0.435 e. The van der Waals surface area contributed by atoms with Crippen LogP contribution in [0.1, 0.15) is 22.5 Å². The molecular formula is C26H25ClF3N9O4. The van der Waals surface area contributed by atoms with Gasteiger partial charge >= 0.3 is 6.18 Å². The number of nitrogens with zero attached hydrogens (tertiary/aromatic N) is 6. The van der Waals surface area contributed by atoms with E-state index < -0.39 is 11.9 Å². The molecule has 1 saturated heterocycles. The van der Waals surface area contributed by atoms with Crippen LogP contribution in [-0.2, 0) is 15.8 Å². The van der Waals surface area contributed by atoms with Crippen LogP contribution in [-0.4, -0.2) is 90.0 Å². The van der Waals surface area contributed by atoms with Crippen LogP contribution >= 0.6 is 11.6 Å². The van der Waals surface area contributed by atoms with Crippen molar-refractivity contribution in [2.24, 2.45) is 11.7 Å². The summed E-state index contributed by atoms with van der Waals surface area (Å²) in [6.07, 6.45) is 1.47. The van der Waals surface area contributed by atoms with Gasteiger partial charge in [0.15, 0.2) is 17.2 Å². The number of carbonyl (C=O) groups excluding carboxylic acids is 2. The number of amides is 2. The van der Waals surface area contributed by atoms with Crippen LogP contribution in [0.15, 0.2) is 43.0 Å². The van der Waals surface area contributed by atoms with Crippen molar-refractivity contribution < 1.29 is 32.7 Å². The molecule has 5 N–H and O–H groups in total. The summed E-state index contributed by atoms with van der Waals surface area (Å²) >= 11 is 6.48. The smallest absolute Gasteiger partial charge is 0.435 e. The van der Waals surface area contributed by atoms with Crippen molar-refractivity contribution in [3.8, 4) is 11.3 Å². The van der Waals surface area contributed by atoms with Crippen molar-refractivity contribution in [3.05, 3.63) is 59.3 Å². The molecule has 0 spiro atoms. The summed E-state index contributed by atoms with van der Waals surface area (Å²) in [6, 6.07) is 4.75. The highest BCUT2D eigenvalue weighted by Gasteiger charge is 2.43. The molecule has 2 amide bonds. The zero-order chi connectivity index (χ0) is 30.9. The average molecular weight is 620 g/mol. The van der Waals surface area contributed by atoms with Gasteiger partial charge in [0, 0.05) is 56.5 Å². The number of nitrogens with two attached hydrogens (primary N) is 1. The first kappa shape index (κ1) is 29.8. The van der Waals surface area contributed by atoms with Crippen molar-refractivity contribution in [2.45, 2.75) is 18.6 Å². The zero-order valence-corrected chi connectivity index (χ0v) is 23.0. The predicted octanol–water partition coefficient (Wildman–Crippen LogP) is 2.87. The van der Waals surface area contributed by atoms with Gasteiger partial charge in [0.2, 0.25) is 5.91 Å². The summed E-state index contributed by atoms with van der Waals surface area (Å²) in [6.45, 7) is 1.42. The Morgan fingerprint density at radius 2 is 1.84 bits per heavy atom. The van der Waals surface area contributed by atoms with E-state index in [1.165, 1.54) is 23.0 Å². The number of nitrogens with one attached hydrogen (secondary N) is 2. The number of hydrogen-bond donors (Lipinski definition) is 4. The summed E-state index contributed by atoms with van der Waals surface area (Å²) < 4.78 is 41.6. The summed E-state index contributed by atoms with van der Waals surface area (Å²) in [7, 11) is 0. The minimum atomic E-state index is -4.64. The Bertz CT molecular complexity index is 1670. The summed E-state index contributed by atoms with van der Waals surface area (Å²) in [5.41, 5.74) is 5.87. The van der Waals surface area contributed by atoms with Crippen LogP contribution < -0.4 is 11.1 Å². The highest BCUT2D eigenvalue weighted by Crippen LogP contribution is 2.36. The molecule has 1 aliphatic heterocycles. The molecule has 0 unspecified atom stereocenters. The van der Waals surface area contributed by atoms with Gasteiger partial charge in [0.05, 0.1) is 34.0 Å². The molecule has 1 saturated carbocycles. The lowest BCUT2D eigenvalue weighted by molar-refractivity contribution is -0.140. The molecule has 6 rings (SSSR count). The maximum absolute atomic E-state index is 13.4. The fraction of sp³-hybridized carbons (Fsp3) is 0.308. The lowest BCUT2D eigenvalue weighted by Crippen LogP contribution is -2.51. The van der Waals surface area contributed by atoms with Crippen LogP contribution in [0.5, 0.6) is 0 Å². The maximum atomic E-state index is 13.4. The van der Waals surface area contributed by atoms with Crippen molar-refractivity contribution >= 4 is 47.0 Å². The minimum Gasteiger partial charge on any atom is -0.483 e. The van der Waals surface area contributed by atoms with Crippen molar-refractivity contribution in [1.29, 1.82) is 0 Å². The topological polar surface area (TPSA) is 175 Å². The number of aromatic amines is 1. The van der Waals surface area contributed by atoms with Crippen molar-refractivity contribution in [2.75, 3.05) is 31.5 Å². The molecule has 226 valence electrons. The van der Waals surface area contributed by atoms with Gasteiger partial charge < -0.3 is 26.0 Å². The SMILES string of the molecule is N[C@H]1C[C@H]1C(=O)N1CCN(C(=O)c2ccc(Nc3nccn4c(-c5c[nH]nc5C(F)(F)F)cnc34)cc2Cl)CC1.O=CO. The number of carbonyl (C=O) groups is 3. The normalized spacial score (nSPS) is 18.2. The molecule has 4 aromatic rings. The molecule has 2 atom stereocenters. The summed E-state index contributed by atoms with van der Waals surface area (Å²) in [5.74, 6) is -0.0249. The van der Waals surface area contributed by atoms with Gasteiger partial charge in [0.25, 0.3) is 12.4 Å². The van der Waals surface area contributed by atoms with E-state index in [0.717, 1.165) is 6.20 Å². The van der Waals surface area contributed by atoms with Gasteiger partial charge in [0.1, 0.15) is 0 Å². The van der Waals surface area contributed by atoms with Crippen LogP contribution in [0.25, 0.3) is 16.9 Å². The fourth-order valence-electron chi connectivity index (χ4n) is 4.84. The van der Waals surface area contributed by atoms with Gasteiger partial charge in [-0.3, -0.25) is 23.9 Å². The molecule has 0 bridgehead atoms. The van der Waals surface area contributed by atoms with E-state index in [4.69, 9.17) is 27.2 Å². The monoisotopic (exact) mass is 619 g/mol. The van der Waals surface area contributed by atoms with E-state index in [1.54, 1.807) is 28.0 Å². The Hall–Kier alpha value is -4.70. The standard InChI is InChI=1S/C25H23ClF3N9O2.CH2O2/c26-17-9-13(1-2-14(17)23(39)36-5-7-37(8-6-36)24(40)15-10-18(15)30)34-21-22-32-12-19(38(22)4-3-31-21)16-11-33-35-20(16)25(27,28)29;2-1-3/h1-4,9,11-12,15,18H,5-8,10,30H2,(H,31,34)(H,33,35);1H,(H,2,3)/t15-,18+;/m1./s1. The third-order valence-corrected chi connectivity index (χ3v) is 7.42. The fourth-order valence-corrected chi connectivity index (χ4v) is 5.11. The number of H-pyrrole nitrogens is 1. The number of hydrogen-bond acceptors (Lipinski definition) is 8. The van der Waals surface area contributed by atoms with Gasteiger partial charge in [-0.05, 0) is 24.6 Å². The lowest BCUT2D eigenvalue weighted by atomic mass is 10.1. The van der Waals surface area contributed by atoms with Crippen LogP contribution in [0.3, 0.4) is 0 Å². The second-order valence-electron chi connectivity index (χ2n) is 9.81. The van der Waals surface area contributed by atoms with Crippen molar-refractivity contribution in [3.63, 3.8) is 0 Å². The number of fused-ring (bicyclic) bond motifs is 1. The van der Waals surface area contributed by atoms with E-state index in [9.17, 15) is 22.8 Å². The molecule has 2 fully saturated rings. The zero-order valence-electron chi connectivity index (χ0n) is 22.3. The molecule has 13 nitrogen and oxygen atoms in total. The first-order valence-electron chi connectivity index (χ1n) is 12.9. The lowest BCUT2D eigenvalue weighted by Gasteiger charge is -2.35. The highest BCUT2D eigenvalue weighted by molar-refractivity contribution is 6.34. The first-order valence-corrected chi connectivity index (χ1v) is 13.3. The summed E-state index contributed by atoms with van der Waals surface area (Å²) in [5, 5.41) is 15.8. The Labute approximate surface area is 246 Å². The third kappa shape index (κ3) is 6.10. The van der Waals surface area contributed by atoms with E-state index >= 15 is 0 Å². The number of alkyl halides is 3. The Balaban J connectivity index is 0.00000118. The number of halogens is 4. The molecule has 0 radical (unpaired) electrons. The minimum absolute atomic E-state index is 0.0480. The molecule has 1 aromatic carbocycles. The van der Waals surface area contributed by atoms with Gasteiger partial charge in [-0.15, -0.1) is 0 Å². The largest absolute Gasteiger partial charge is 0.483 e. The van der Waals surface area contributed by atoms with E-state index in [2.05, 4.69) is 25.5 Å². The Kier molecular flexibility index (Phi) is 8.23. The molecule has 2 aliphatic rings. The number of anilines is 2. The number of piperazine rings is 1. The number of benzene rings is 1. The van der Waals surface area contributed by atoms with E-state index in [0.29, 0.717) is 43.9 Å². The molecule has 1 aliphatic carbocycles. The van der Waals surface area contributed by atoms with Crippen LogP contribution in [0.4, 0.5) is 24.7 Å². The second kappa shape index (κ2) is 11.9. The molecular weight excluding hydrogens is 595 g/mol. The first-order chi connectivity index (χ1) is 20.5. The van der Waals surface area contributed by atoms with Crippen LogP contribution in [0, 0.1) is 5.92 Å². The molecule has 3 aromatic heterocycles. The van der Waals surface area contributed by atoms with E-state index in [-0.39, 0.29) is 58.0 Å². The number of carboxylic acid groups (broad SMARTS) is 1. The predicted molar refractivity (Wildman–Crippen MR) is 148 cm³/mol. The number of aromatic nitrogens is 5. The highest BCUT2D eigenvalue weighted by atomic mass is 35.5. The molecule has 43 heavy (non-hydrogen) atoms. The third-order valence-electron chi connectivity index (χ3n) is 7.11. The van der Waals surface area contributed by atoms with Crippen LogP contribution in [0.2, 0.25) is 5.02 Å².